The molecule has 122 valence electrons. The van der Waals surface area contributed by atoms with Gasteiger partial charge in [0, 0.05) is 18.0 Å². The summed E-state index contributed by atoms with van der Waals surface area (Å²) in [6.07, 6.45) is 4.30. The molecule has 0 radical (unpaired) electrons. The molecule has 0 aliphatic heterocycles. The summed E-state index contributed by atoms with van der Waals surface area (Å²) in [6, 6.07) is 20.0. The van der Waals surface area contributed by atoms with Crippen LogP contribution >= 0.6 is 0 Å². The van der Waals surface area contributed by atoms with E-state index in [9.17, 15) is 4.79 Å². The normalized spacial score (nSPS) is 12.0. The van der Waals surface area contributed by atoms with E-state index in [1.54, 1.807) is 6.20 Å². The van der Waals surface area contributed by atoms with E-state index in [1.165, 1.54) is 5.56 Å². The SMILES string of the molecule is CCCC(CC(=O)Nc1cccc2cccnc12)c1ccccc1. The second-order valence-corrected chi connectivity index (χ2v) is 6.03. The zero-order valence-electron chi connectivity index (χ0n) is 13.9. The molecule has 0 aliphatic rings. The third kappa shape index (κ3) is 3.80. The van der Waals surface area contributed by atoms with Gasteiger partial charge in [-0.1, -0.05) is 61.9 Å². The number of amides is 1. The Bertz CT molecular complexity index is 809. The third-order valence-electron chi connectivity index (χ3n) is 4.25. The summed E-state index contributed by atoms with van der Waals surface area (Å²) in [6.45, 7) is 2.16. The molecular formula is C21H22N2O. The van der Waals surface area contributed by atoms with Crippen molar-refractivity contribution in [3.8, 4) is 0 Å². The fraction of sp³-hybridized carbons (Fsp3) is 0.238. The molecule has 2 aromatic carbocycles. The van der Waals surface area contributed by atoms with Gasteiger partial charge >= 0.3 is 0 Å². The van der Waals surface area contributed by atoms with E-state index in [0.29, 0.717) is 6.42 Å². The topological polar surface area (TPSA) is 42.0 Å². The average molecular weight is 318 g/mol. The van der Waals surface area contributed by atoms with Crippen molar-refractivity contribution in [1.29, 1.82) is 0 Å². The average Bonchev–Trinajstić information content (AvgIpc) is 2.62. The number of pyridine rings is 1. The van der Waals surface area contributed by atoms with E-state index >= 15 is 0 Å². The van der Waals surface area contributed by atoms with E-state index in [1.807, 2.05) is 48.5 Å². The summed E-state index contributed by atoms with van der Waals surface area (Å²) in [4.78, 5) is 17.0. The van der Waals surface area contributed by atoms with E-state index < -0.39 is 0 Å². The van der Waals surface area contributed by atoms with Crippen LogP contribution in [0.4, 0.5) is 5.69 Å². The fourth-order valence-corrected chi connectivity index (χ4v) is 3.09. The van der Waals surface area contributed by atoms with Gasteiger partial charge in [0.1, 0.15) is 0 Å². The number of rotatable bonds is 6. The van der Waals surface area contributed by atoms with Gasteiger partial charge in [0.05, 0.1) is 11.2 Å². The Labute approximate surface area is 142 Å². The maximum absolute atomic E-state index is 12.6. The number of benzene rings is 2. The van der Waals surface area contributed by atoms with Crippen LogP contribution in [0.15, 0.2) is 66.9 Å². The number of nitrogens with zero attached hydrogens (tertiary/aromatic N) is 1. The highest BCUT2D eigenvalue weighted by molar-refractivity contribution is 6.00. The predicted molar refractivity (Wildman–Crippen MR) is 99.1 cm³/mol. The van der Waals surface area contributed by atoms with E-state index in [-0.39, 0.29) is 11.8 Å². The fourth-order valence-electron chi connectivity index (χ4n) is 3.09. The Morgan fingerprint density at radius 3 is 2.62 bits per heavy atom. The number of aromatic nitrogens is 1. The van der Waals surface area contributed by atoms with Gasteiger partial charge in [0.25, 0.3) is 0 Å². The first kappa shape index (κ1) is 16.2. The Morgan fingerprint density at radius 1 is 1.04 bits per heavy atom. The molecule has 0 spiro atoms. The van der Waals surface area contributed by atoms with Crippen LogP contribution in [0.1, 0.15) is 37.7 Å². The van der Waals surface area contributed by atoms with Crippen molar-refractivity contribution in [2.24, 2.45) is 0 Å². The standard InChI is InChI=1S/C21H22N2O/c1-2-8-18(16-9-4-3-5-10-16)15-20(24)23-19-13-6-11-17-12-7-14-22-21(17)19/h3-7,9-14,18H,2,8,15H2,1H3,(H,23,24). The van der Waals surface area contributed by atoms with Crippen molar-refractivity contribution in [2.75, 3.05) is 5.32 Å². The van der Waals surface area contributed by atoms with E-state index in [4.69, 9.17) is 0 Å². The van der Waals surface area contributed by atoms with Gasteiger partial charge in [-0.05, 0) is 30.0 Å². The Kier molecular flexibility index (Phi) is 5.22. The quantitative estimate of drug-likeness (QED) is 0.683. The zero-order chi connectivity index (χ0) is 16.8. The minimum atomic E-state index is 0.0375. The summed E-state index contributed by atoms with van der Waals surface area (Å²) in [7, 11) is 0. The highest BCUT2D eigenvalue weighted by atomic mass is 16.1. The summed E-state index contributed by atoms with van der Waals surface area (Å²) in [5, 5.41) is 4.07. The first-order chi connectivity index (χ1) is 11.8. The number of carbonyl (C=O) groups is 1. The Morgan fingerprint density at radius 2 is 1.83 bits per heavy atom. The smallest absolute Gasteiger partial charge is 0.225 e. The van der Waals surface area contributed by atoms with Gasteiger partial charge in [-0.3, -0.25) is 9.78 Å². The van der Waals surface area contributed by atoms with Crippen LogP contribution in [0.2, 0.25) is 0 Å². The molecule has 0 aliphatic carbocycles. The number of hydrogen-bond donors (Lipinski definition) is 1. The zero-order valence-corrected chi connectivity index (χ0v) is 13.9. The number of fused-ring (bicyclic) bond motifs is 1. The van der Waals surface area contributed by atoms with Crippen molar-refractivity contribution >= 4 is 22.5 Å². The molecule has 1 amide bonds. The number of carbonyl (C=O) groups excluding carboxylic acids is 1. The molecular weight excluding hydrogens is 296 g/mol. The van der Waals surface area contributed by atoms with Crippen LogP contribution in [-0.2, 0) is 4.79 Å². The second-order valence-electron chi connectivity index (χ2n) is 6.03. The lowest BCUT2D eigenvalue weighted by Gasteiger charge is -2.16. The minimum absolute atomic E-state index is 0.0375. The van der Waals surface area contributed by atoms with Gasteiger partial charge < -0.3 is 5.32 Å². The minimum Gasteiger partial charge on any atom is -0.324 e. The molecule has 3 aromatic rings. The molecule has 1 aromatic heterocycles. The van der Waals surface area contributed by atoms with E-state index in [2.05, 4.69) is 29.4 Å². The third-order valence-corrected chi connectivity index (χ3v) is 4.25. The second kappa shape index (κ2) is 7.73. The molecule has 3 nitrogen and oxygen atoms in total. The maximum Gasteiger partial charge on any atom is 0.225 e. The van der Waals surface area contributed by atoms with Gasteiger partial charge in [0.15, 0.2) is 0 Å². The monoisotopic (exact) mass is 318 g/mol. The number of para-hydroxylation sites is 1. The molecule has 24 heavy (non-hydrogen) atoms. The van der Waals surface area contributed by atoms with Crippen LogP contribution in [0, 0.1) is 0 Å². The van der Waals surface area contributed by atoms with Crippen LogP contribution in [0.5, 0.6) is 0 Å². The maximum atomic E-state index is 12.6. The van der Waals surface area contributed by atoms with Crippen molar-refractivity contribution < 1.29 is 4.79 Å². The predicted octanol–water partition coefficient (Wildman–Crippen LogP) is 5.15. The van der Waals surface area contributed by atoms with Gasteiger partial charge in [0.2, 0.25) is 5.91 Å². The molecule has 1 unspecified atom stereocenters. The molecule has 0 fully saturated rings. The molecule has 1 N–H and O–H groups in total. The van der Waals surface area contributed by atoms with Crippen LogP contribution in [0.25, 0.3) is 10.9 Å². The molecule has 0 saturated carbocycles. The number of nitrogens with one attached hydrogen (secondary N) is 1. The van der Waals surface area contributed by atoms with Crippen molar-refractivity contribution in [3.63, 3.8) is 0 Å². The number of anilines is 1. The molecule has 3 heteroatoms. The summed E-state index contributed by atoms with van der Waals surface area (Å²) >= 11 is 0. The highest BCUT2D eigenvalue weighted by Gasteiger charge is 2.16. The first-order valence-corrected chi connectivity index (χ1v) is 8.46. The summed E-state index contributed by atoms with van der Waals surface area (Å²) in [5.74, 6) is 0.287. The Balaban J connectivity index is 1.76. The van der Waals surface area contributed by atoms with Crippen LogP contribution in [-0.4, -0.2) is 10.9 Å². The Hall–Kier alpha value is -2.68. The largest absolute Gasteiger partial charge is 0.324 e. The lowest BCUT2D eigenvalue weighted by Crippen LogP contribution is -2.16. The van der Waals surface area contributed by atoms with Gasteiger partial charge in [-0.25, -0.2) is 0 Å². The van der Waals surface area contributed by atoms with Gasteiger partial charge in [-0.2, -0.15) is 0 Å². The van der Waals surface area contributed by atoms with Crippen LogP contribution < -0.4 is 5.32 Å². The summed E-state index contributed by atoms with van der Waals surface area (Å²) in [5.41, 5.74) is 2.84. The molecule has 1 atom stereocenters. The van der Waals surface area contributed by atoms with Gasteiger partial charge in [-0.15, -0.1) is 0 Å². The molecule has 3 rings (SSSR count). The lowest BCUT2D eigenvalue weighted by atomic mass is 9.91. The highest BCUT2D eigenvalue weighted by Crippen LogP contribution is 2.26. The van der Waals surface area contributed by atoms with Crippen LogP contribution in [0.3, 0.4) is 0 Å². The molecule has 0 saturated heterocycles. The van der Waals surface area contributed by atoms with Crippen molar-refractivity contribution in [3.05, 3.63) is 72.4 Å². The molecule has 0 bridgehead atoms. The van der Waals surface area contributed by atoms with Crippen molar-refractivity contribution in [1.82, 2.24) is 4.98 Å². The van der Waals surface area contributed by atoms with E-state index in [0.717, 1.165) is 29.4 Å². The summed E-state index contributed by atoms with van der Waals surface area (Å²) < 4.78 is 0. The lowest BCUT2D eigenvalue weighted by molar-refractivity contribution is -0.116. The first-order valence-electron chi connectivity index (χ1n) is 8.46. The van der Waals surface area contributed by atoms with Crippen molar-refractivity contribution in [2.45, 2.75) is 32.1 Å². The molecule has 1 heterocycles. The number of hydrogen-bond acceptors (Lipinski definition) is 2.